The van der Waals surface area contributed by atoms with Crippen molar-refractivity contribution in [2.24, 2.45) is 0 Å². The summed E-state index contributed by atoms with van der Waals surface area (Å²) in [5.74, 6) is 0. The van der Waals surface area contributed by atoms with E-state index in [0.717, 1.165) is 22.4 Å². The molecule has 0 aromatic carbocycles. The van der Waals surface area contributed by atoms with Gasteiger partial charge in [0.1, 0.15) is 0 Å². The van der Waals surface area contributed by atoms with Crippen LogP contribution in [-0.2, 0) is 0 Å². The molecule has 0 N–H and O–H groups in total. The second-order valence-corrected chi connectivity index (χ2v) is 4.59. The third-order valence-corrected chi connectivity index (χ3v) is 2.99. The lowest BCUT2D eigenvalue weighted by Gasteiger charge is -1.99. The highest BCUT2D eigenvalue weighted by atomic mass is 14.7. The zero-order valence-corrected chi connectivity index (χ0v) is 13.4. The topological polar surface area (TPSA) is 12.9 Å². The molecule has 0 aliphatic rings. The van der Waals surface area contributed by atoms with Crippen LogP contribution in [0.3, 0.4) is 0 Å². The molecule has 0 saturated carbocycles. The molecule has 112 valence electrons. The Kier molecular flexibility index (Phi) is 7.99. The summed E-state index contributed by atoms with van der Waals surface area (Å²) in [6.45, 7) is 11.9. The van der Waals surface area contributed by atoms with Gasteiger partial charge >= 0.3 is 0 Å². The number of hydrogen-bond acceptors (Lipinski definition) is 1. The van der Waals surface area contributed by atoms with E-state index in [1.807, 2.05) is 74.6 Å². The van der Waals surface area contributed by atoms with Crippen molar-refractivity contribution < 1.29 is 0 Å². The van der Waals surface area contributed by atoms with Gasteiger partial charge in [-0.3, -0.25) is 4.98 Å². The largest absolute Gasteiger partial charge is 0.256 e. The van der Waals surface area contributed by atoms with Gasteiger partial charge in [0.15, 0.2) is 0 Å². The van der Waals surface area contributed by atoms with Crippen molar-refractivity contribution in [3.63, 3.8) is 0 Å². The molecule has 0 saturated heterocycles. The van der Waals surface area contributed by atoms with Gasteiger partial charge in [-0.05, 0) is 42.7 Å². The summed E-state index contributed by atoms with van der Waals surface area (Å²) in [6.07, 6.45) is 19.8. The Morgan fingerprint density at radius 2 is 1.77 bits per heavy atom. The first-order valence-corrected chi connectivity index (χ1v) is 7.29. The molecule has 1 nitrogen and oxygen atoms in total. The molecule has 22 heavy (non-hydrogen) atoms. The van der Waals surface area contributed by atoms with E-state index in [2.05, 4.69) is 30.3 Å². The fraction of sp³-hybridized carbons (Fsp3) is 0.0952. The first-order valence-electron chi connectivity index (χ1n) is 7.29. The van der Waals surface area contributed by atoms with Gasteiger partial charge in [0.05, 0.1) is 5.69 Å². The molecule has 1 aromatic rings. The molecule has 0 amide bonds. The highest BCUT2D eigenvalue weighted by Gasteiger charge is 1.94. The zero-order chi connectivity index (χ0) is 16.2. The molecule has 0 fully saturated rings. The van der Waals surface area contributed by atoms with Gasteiger partial charge in [-0.1, -0.05) is 73.9 Å². The third-order valence-electron chi connectivity index (χ3n) is 2.99. The van der Waals surface area contributed by atoms with Crippen LogP contribution in [0, 0.1) is 0 Å². The van der Waals surface area contributed by atoms with Crippen molar-refractivity contribution in [3.8, 4) is 0 Å². The first kappa shape index (κ1) is 17.4. The van der Waals surface area contributed by atoms with Crippen LogP contribution >= 0.6 is 0 Å². The Bertz CT molecular complexity index is 638. The number of allylic oxidation sites excluding steroid dienone is 12. The maximum Gasteiger partial charge on any atom is 0.0695 e. The van der Waals surface area contributed by atoms with Crippen molar-refractivity contribution in [2.45, 2.75) is 13.8 Å². The van der Waals surface area contributed by atoms with E-state index < -0.39 is 0 Å². The number of rotatable bonds is 7. The van der Waals surface area contributed by atoms with Crippen LogP contribution in [0.4, 0.5) is 0 Å². The first-order chi connectivity index (χ1) is 10.7. The molecule has 1 heterocycles. The lowest BCUT2D eigenvalue weighted by molar-refractivity contribution is 1.28. The molecule has 0 spiro atoms. The summed E-state index contributed by atoms with van der Waals surface area (Å²) in [7, 11) is 0. The highest BCUT2D eigenvalue weighted by molar-refractivity contribution is 5.70. The monoisotopic (exact) mass is 289 g/mol. The Hall–Kier alpha value is -2.67. The maximum absolute atomic E-state index is 4.29. The normalized spacial score (nSPS) is 13.4. The Morgan fingerprint density at radius 3 is 2.36 bits per heavy atom. The van der Waals surface area contributed by atoms with Gasteiger partial charge in [-0.25, -0.2) is 0 Å². The summed E-state index contributed by atoms with van der Waals surface area (Å²) >= 11 is 0. The van der Waals surface area contributed by atoms with Crippen molar-refractivity contribution in [2.75, 3.05) is 0 Å². The summed E-state index contributed by atoms with van der Waals surface area (Å²) in [5.41, 5.74) is 3.94. The number of aromatic nitrogens is 1. The molecule has 1 rings (SSSR count). The molecule has 0 bridgehead atoms. The maximum atomic E-state index is 4.29. The molecule has 0 aliphatic carbocycles. The van der Waals surface area contributed by atoms with E-state index in [0.29, 0.717) is 0 Å². The molecule has 0 atom stereocenters. The summed E-state index contributed by atoms with van der Waals surface area (Å²) < 4.78 is 0. The second kappa shape index (κ2) is 10.1. The van der Waals surface area contributed by atoms with Gasteiger partial charge in [0.25, 0.3) is 0 Å². The lowest BCUT2D eigenvalue weighted by Crippen LogP contribution is -1.83. The van der Waals surface area contributed by atoms with Crippen LogP contribution < -0.4 is 0 Å². The average molecular weight is 289 g/mol. The minimum atomic E-state index is 0.887. The lowest BCUT2D eigenvalue weighted by atomic mass is 10.1. The van der Waals surface area contributed by atoms with Crippen molar-refractivity contribution in [1.82, 2.24) is 4.98 Å². The Labute approximate surface area is 134 Å². The van der Waals surface area contributed by atoms with E-state index in [4.69, 9.17) is 0 Å². The van der Waals surface area contributed by atoms with Crippen molar-refractivity contribution in [1.29, 1.82) is 0 Å². The van der Waals surface area contributed by atoms with Gasteiger partial charge in [0, 0.05) is 6.20 Å². The molecule has 0 unspecified atom stereocenters. The number of pyridine rings is 1. The summed E-state index contributed by atoms with van der Waals surface area (Å²) in [4.78, 5) is 4.29. The minimum absolute atomic E-state index is 0.887. The fourth-order valence-corrected chi connectivity index (χ4v) is 1.67. The molecule has 0 radical (unpaired) electrons. The smallest absolute Gasteiger partial charge is 0.0695 e. The van der Waals surface area contributed by atoms with Crippen LogP contribution in [-0.4, -0.2) is 4.98 Å². The Morgan fingerprint density at radius 1 is 1.05 bits per heavy atom. The molecule has 1 aromatic heterocycles. The van der Waals surface area contributed by atoms with Crippen LogP contribution in [0.15, 0.2) is 103 Å². The number of hydrogen-bond donors (Lipinski definition) is 0. The van der Waals surface area contributed by atoms with Gasteiger partial charge in [0.2, 0.25) is 0 Å². The van der Waals surface area contributed by atoms with Crippen molar-refractivity contribution >= 4 is 5.57 Å². The standard InChI is InChI=1S/C21H23N/c1-5-8-11-19(6-2)15-16-20(7-3)14-13-18(4)21-12-9-10-17-22-21/h5-17H,2,4H2,1,3H3/b8-5-,14-13-,16-15+,19-11+,20-7+. The highest BCUT2D eigenvalue weighted by Crippen LogP contribution is 2.12. The predicted octanol–water partition coefficient (Wildman–Crippen LogP) is 5.84. The van der Waals surface area contributed by atoms with Crippen molar-refractivity contribution in [3.05, 3.63) is 109 Å². The number of nitrogens with zero attached hydrogens (tertiary/aromatic N) is 1. The Balaban J connectivity index is 2.79. The zero-order valence-electron chi connectivity index (χ0n) is 13.4. The molecule has 0 aliphatic heterocycles. The van der Waals surface area contributed by atoms with E-state index in [-0.39, 0.29) is 0 Å². The van der Waals surface area contributed by atoms with Crippen LogP contribution in [0.25, 0.3) is 5.57 Å². The molecular formula is C21H23N. The van der Waals surface area contributed by atoms with Gasteiger partial charge in [-0.15, -0.1) is 0 Å². The fourth-order valence-electron chi connectivity index (χ4n) is 1.67. The molecular weight excluding hydrogens is 266 g/mol. The predicted molar refractivity (Wildman–Crippen MR) is 98.4 cm³/mol. The van der Waals surface area contributed by atoms with E-state index >= 15 is 0 Å². The van der Waals surface area contributed by atoms with E-state index in [1.165, 1.54) is 0 Å². The van der Waals surface area contributed by atoms with Gasteiger partial charge < -0.3 is 0 Å². The second-order valence-electron chi connectivity index (χ2n) is 4.59. The molecule has 1 heteroatoms. The summed E-state index contributed by atoms with van der Waals surface area (Å²) in [6, 6.07) is 5.81. The van der Waals surface area contributed by atoms with Crippen LogP contribution in [0.2, 0.25) is 0 Å². The third kappa shape index (κ3) is 6.19. The quantitative estimate of drug-likeness (QED) is 0.574. The average Bonchev–Trinajstić information content (AvgIpc) is 2.58. The van der Waals surface area contributed by atoms with Crippen LogP contribution in [0.5, 0.6) is 0 Å². The minimum Gasteiger partial charge on any atom is -0.256 e. The van der Waals surface area contributed by atoms with Crippen LogP contribution in [0.1, 0.15) is 19.5 Å². The van der Waals surface area contributed by atoms with E-state index in [9.17, 15) is 0 Å². The summed E-state index contributed by atoms with van der Waals surface area (Å²) in [5, 5.41) is 0. The SMILES string of the molecule is C=CC(/C=C/C(/C=C\C(=C)c1ccccn1)=C/C)=C\C=C/C. The van der Waals surface area contributed by atoms with Gasteiger partial charge in [-0.2, -0.15) is 0 Å². The van der Waals surface area contributed by atoms with E-state index in [1.54, 1.807) is 6.20 Å².